The normalized spacial score (nSPS) is 14.5. The van der Waals surface area contributed by atoms with Gasteiger partial charge in [-0.3, -0.25) is 0 Å². The molecule has 1 aromatic rings. The third-order valence-electron chi connectivity index (χ3n) is 3.68. The summed E-state index contributed by atoms with van der Waals surface area (Å²) in [6, 6.07) is 7.31. The summed E-state index contributed by atoms with van der Waals surface area (Å²) >= 11 is 0. The fourth-order valence-electron chi connectivity index (χ4n) is 2.71. The molecule has 1 aromatic carbocycles. The highest BCUT2D eigenvalue weighted by atomic mass is 14.9. The molecular formula is C17H29N. The van der Waals surface area contributed by atoms with Gasteiger partial charge in [0.15, 0.2) is 0 Å². The Labute approximate surface area is 113 Å². The summed E-state index contributed by atoms with van der Waals surface area (Å²) in [6.45, 7) is 12.3. The van der Waals surface area contributed by atoms with Crippen LogP contribution < -0.4 is 5.32 Å². The highest BCUT2D eigenvalue weighted by Gasteiger charge is 2.16. The quantitative estimate of drug-likeness (QED) is 0.731. The van der Waals surface area contributed by atoms with Crippen LogP contribution in [0.3, 0.4) is 0 Å². The molecule has 0 aliphatic rings. The maximum absolute atomic E-state index is 3.66. The summed E-state index contributed by atoms with van der Waals surface area (Å²) in [6.07, 6.45) is 3.85. The van der Waals surface area contributed by atoms with Gasteiger partial charge in [0, 0.05) is 6.04 Å². The van der Waals surface area contributed by atoms with E-state index in [2.05, 4.69) is 58.1 Å². The molecule has 1 N–H and O–H groups in total. The van der Waals surface area contributed by atoms with Gasteiger partial charge in [-0.25, -0.2) is 0 Å². The largest absolute Gasteiger partial charge is 0.310 e. The molecular weight excluding hydrogens is 218 g/mol. The first-order valence-electron chi connectivity index (χ1n) is 7.39. The van der Waals surface area contributed by atoms with E-state index in [-0.39, 0.29) is 0 Å². The maximum Gasteiger partial charge on any atom is 0.0325 e. The maximum atomic E-state index is 3.66. The summed E-state index contributed by atoms with van der Waals surface area (Å²) in [5, 5.41) is 3.66. The average Bonchev–Trinajstić information content (AvgIpc) is 2.32. The van der Waals surface area contributed by atoms with E-state index in [0.717, 1.165) is 12.5 Å². The van der Waals surface area contributed by atoms with Crippen LogP contribution in [-0.4, -0.2) is 6.54 Å². The van der Waals surface area contributed by atoms with Crippen molar-refractivity contribution >= 4 is 0 Å². The van der Waals surface area contributed by atoms with Crippen molar-refractivity contribution in [1.82, 2.24) is 5.32 Å². The highest BCUT2D eigenvalue weighted by Crippen LogP contribution is 2.27. The molecule has 0 saturated heterocycles. The predicted molar refractivity (Wildman–Crippen MR) is 81.0 cm³/mol. The van der Waals surface area contributed by atoms with Gasteiger partial charge in [0.05, 0.1) is 0 Å². The van der Waals surface area contributed by atoms with Crippen LogP contribution in [-0.2, 0) is 0 Å². The third-order valence-corrected chi connectivity index (χ3v) is 3.68. The molecule has 1 rings (SSSR count). The predicted octanol–water partition coefficient (Wildman–Crippen LogP) is 4.78. The standard InChI is InChI=1S/C17H29N/c1-6-8-13(3)12-17(18-7-2)16-11-14(4)9-10-15(16)5/h9-11,13,17-18H,6-8,12H2,1-5H3. The van der Waals surface area contributed by atoms with Crippen LogP contribution in [0.1, 0.15) is 62.8 Å². The Balaban J connectivity index is 2.85. The lowest BCUT2D eigenvalue weighted by Gasteiger charge is -2.24. The second-order valence-electron chi connectivity index (χ2n) is 5.60. The van der Waals surface area contributed by atoms with E-state index >= 15 is 0 Å². The van der Waals surface area contributed by atoms with Gasteiger partial charge in [-0.1, -0.05) is 57.4 Å². The molecule has 1 heteroatoms. The minimum atomic E-state index is 0.511. The van der Waals surface area contributed by atoms with Crippen molar-refractivity contribution in [3.8, 4) is 0 Å². The van der Waals surface area contributed by atoms with Crippen molar-refractivity contribution in [3.05, 3.63) is 34.9 Å². The van der Waals surface area contributed by atoms with E-state index in [1.54, 1.807) is 0 Å². The minimum Gasteiger partial charge on any atom is -0.310 e. The van der Waals surface area contributed by atoms with Crippen molar-refractivity contribution in [2.24, 2.45) is 5.92 Å². The number of rotatable bonds is 7. The fourth-order valence-corrected chi connectivity index (χ4v) is 2.71. The van der Waals surface area contributed by atoms with E-state index < -0.39 is 0 Å². The minimum absolute atomic E-state index is 0.511. The highest BCUT2D eigenvalue weighted by molar-refractivity contribution is 5.33. The Kier molecular flexibility index (Phi) is 6.42. The molecule has 0 fully saturated rings. The Morgan fingerprint density at radius 2 is 1.89 bits per heavy atom. The van der Waals surface area contributed by atoms with Gasteiger partial charge in [-0.15, -0.1) is 0 Å². The lowest BCUT2D eigenvalue weighted by molar-refractivity contribution is 0.394. The summed E-state index contributed by atoms with van der Waals surface area (Å²) in [5.74, 6) is 0.791. The van der Waals surface area contributed by atoms with Gasteiger partial charge in [0.25, 0.3) is 0 Å². The van der Waals surface area contributed by atoms with Crippen molar-refractivity contribution in [2.75, 3.05) is 6.54 Å². The van der Waals surface area contributed by atoms with Crippen LogP contribution in [0.5, 0.6) is 0 Å². The second-order valence-corrected chi connectivity index (χ2v) is 5.60. The lowest BCUT2D eigenvalue weighted by Crippen LogP contribution is -2.23. The van der Waals surface area contributed by atoms with Gasteiger partial charge < -0.3 is 5.32 Å². The van der Waals surface area contributed by atoms with Crippen LogP contribution in [0.25, 0.3) is 0 Å². The zero-order valence-electron chi connectivity index (χ0n) is 12.7. The van der Waals surface area contributed by atoms with Gasteiger partial charge in [-0.2, -0.15) is 0 Å². The van der Waals surface area contributed by atoms with Gasteiger partial charge >= 0.3 is 0 Å². The van der Waals surface area contributed by atoms with E-state index in [1.807, 2.05) is 0 Å². The Morgan fingerprint density at radius 3 is 2.50 bits per heavy atom. The van der Waals surface area contributed by atoms with Crippen molar-refractivity contribution in [2.45, 2.75) is 59.9 Å². The zero-order chi connectivity index (χ0) is 13.5. The van der Waals surface area contributed by atoms with Crippen LogP contribution >= 0.6 is 0 Å². The first-order chi connectivity index (χ1) is 8.58. The molecule has 1 nitrogen and oxygen atoms in total. The van der Waals surface area contributed by atoms with Crippen LogP contribution in [0.4, 0.5) is 0 Å². The van der Waals surface area contributed by atoms with Crippen LogP contribution in [0.15, 0.2) is 18.2 Å². The lowest BCUT2D eigenvalue weighted by atomic mass is 9.90. The molecule has 0 spiro atoms. The average molecular weight is 247 g/mol. The van der Waals surface area contributed by atoms with Gasteiger partial charge in [-0.05, 0) is 43.9 Å². The number of aryl methyl sites for hydroxylation is 2. The molecule has 0 heterocycles. The number of hydrogen-bond acceptors (Lipinski definition) is 1. The summed E-state index contributed by atoms with van der Waals surface area (Å²) in [5.41, 5.74) is 4.26. The molecule has 2 unspecified atom stereocenters. The summed E-state index contributed by atoms with van der Waals surface area (Å²) < 4.78 is 0. The van der Waals surface area contributed by atoms with Crippen molar-refractivity contribution in [1.29, 1.82) is 0 Å². The molecule has 0 saturated carbocycles. The molecule has 0 bridgehead atoms. The van der Waals surface area contributed by atoms with Crippen LogP contribution in [0, 0.1) is 19.8 Å². The molecule has 0 aromatic heterocycles. The molecule has 0 radical (unpaired) electrons. The third kappa shape index (κ3) is 4.45. The van der Waals surface area contributed by atoms with E-state index in [1.165, 1.54) is 36.0 Å². The molecule has 18 heavy (non-hydrogen) atoms. The fraction of sp³-hybridized carbons (Fsp3) is 0.647. The molecule has 0 aliphatic carbocycles. The SMILES string of the molecule is CCCC(C)CC(NCC)c1cc(C)ccc1C. The molecule has 2 atom stereocenters. The van der Waals surface area contributed by atoms with Gasteiger partial charge in [0.1, 0.15) is 0 Å². The summed E-state index contributed by atoms with van der Waals surface area (Å²) in [4.78, 5) is 0. The van der Waals surface area contributed by atoms with Crippen LogP contribution in [0.2, 0.25) is 0 Å². The first kappa shape index (κ1) is 15.2. The Bertz CT molecular complexity index is 357. The van der Waals surface area contributed by atoms with E-state index in [4.69, 9.17) is 0 Å². The van der Waals surface area contributed by atoms with Gasteiger partial charge in [0.2, 0.25) is 0 Å². The Hall–Kier alpha value is -0.820. The monoisotopic (exact) mass is 247 g/mol. The number of nitrogens with one attached hydrogen (secondary N) is 1. The van der Waals surface area contributed by atoms with E-state index in [9.17, 15) is 0 Å². The molecule has 0 amide bonds. The summed E-state index contributed by atoms with van der Waals surface area (Å²) in [7, 11) is 0. The zero-order valence-corrected chi connectivity index (χ0v) is 12.7. The first-order valence-corrected chi connectivity index (χ1v) is 7.39. The van der Waals surface area contributed by atoms with Crippen molar-refractivity contribution in [3.63, 3.8) is 0 Å². The molecule has 0 aliphatic heterocycles. The smallest absolute Gasteiger partial charge is 0.0325 e. The molecule has 102 valence electrons. The second kappa shape index (κ2) is 7.58. The van der Waals surface area contributed by atoms with E-state index in [0.29, 0.717) is 6.04 Å². The number of benzene rings is 1. The Morgan fingerprint density at radius 1 is 1.17 bits per heavy atom. The van der Waals surface area contributed by atoms with Crippen molar-refractivity contribution < 1.29 is 0 Å². The number of hydrogen-bond donors (Lipinski definition) is 1. The topological polar surface area (TPSA) is 12.0 Å².